The standard InChI is InChI=1S/C17H18ClNO4S/c1-23-17(20)14-6-8-15(9-7-14)19-24(21,22)16-10-4-13(5-11-16)3-2-12-18/h4-11,19H,2-3,12H2,1H3. The lowest BCUT2D eigenvalue weighted by Crippen LogP contribution is -2.13. The van der Waals surface area contributed by atoms with Crippen molar-refractivity contribution < 1.29 is 17.9 Å². The molecule has 2 rings (SSSR count). The number of esters is 1. The zero-order valence-electron chi connectivity index (χ0n) is 13.2. The fourth-order valence-electron chi connectivity index (χ4n) is 2.11. The molecule has 0 heterocycles. The highest BCUT2D eigenvalue weighted by atomic mass is 35.5. The monoisotopic (exact) mass is 367 g/mol. The largest absolute Gasteiger partial charge is 0.465 e. The molecule has 0 aromatic heterocycles. The summed E-state index contributed by atoms with van der Waals surface area (Å²) in [4.78, 5) is 11.5. The first kappa shape index (κ1) is 18.3. The second-order valence-electron chi connectivity index (χ2n) is 5.11. The maximum atomic E-state index is 12.4. The van der Waals surface area contributed by atoms with E-state index in [1.54, 1.807) is 24.3 Å². The Morgan fingerprint density at radius 2 is 1.71 bits per heavy atom. The first-order chi connectivity index (χ1) is 11.5. The fraction of sp³-hybridized carbons (Fsp3) is 0.235. The SMILES string of the molecule is COC(=O)c1ccc(NS(=O)(=O)c2ccc(CCCCl)cc2)cc1. The molecule has 2 aromatic carbocycles. The molecule has 7 heteroatoms. The Morgan fingerprint density at radius 1 is 1.08 bits per heavy atom. The van der Waals surface area contributed by atoms with Gasteiger partial charge in [-0.2, -0.15) is 0 Å². The minimum atomic E-state index is -3.68. The van der Waals surface area contributed by atoms with Crippen LogP contribution in [0.4, 0.5) is 5.69 Å². The molecular weight excluding hydrogens is 350 g/mol. The molecule has 0 aliphatic heterocycles. The minimum Gasteiger partial charge on any atom is -0.465 e. The average Bonchev–Trinajstić information content (AvgIpc) is 2.60. The van der Waals surface area contributed by atoms with E-state index >= 15 is 0 Å². The van der Waals surface area contributed by atoms with E-state index < -0.39 is 16.0 Å². The molecule has 0 aliphatic carbocycles. The lowest BCUT2D eigenvalue weighted by molar-refractivity contribution is 0.0601. The number of halogens is 1. The first-order valence-corrected chi connectivity index (χ1v) is 9.34. The summed E-state index contributed by atoms with van der Waals surface area (Å²) in [5.74, 6) is 0.0975. The van der Waals surface area contributed by atoms with Gasteiger partial charge in [-0.1, -0.05) is 12.1 Å². The average molecular weight is 368 g/mol. The van der Waals surface area contributed by atoms with E-state index in [0.29, 0.717) is 17.1 Å². The van der Waals surface area contributed by atoms with Gasteiger partial charge < -0.3 is 4.74 Å². The molecular formula is C17H18ClNO4S. The van der Waals surface area contributed by atoms with Crippen molar-refractivity contribution in [2.75, 3.05) is 17.7 Å². The number of aryl methyl sites for hydroxylation is 1. The Kier molecular flexibility index (Phi) is 6.23. The van der Waals surface area contributed by atoms with E-state index in [4.69, 9.17) is 11.6 Å². The van der Waals surface area contributed by atoms with Gasteiger partial charge in [-0.05, 0) is 54.8 Å². The molecule has 128 valence electrons. The Bertz CT molecular complexity index is 786. The molecule has 5 nitrogen and oxygen atoms in total. The second kappa shape index (κ2) is 8.17. The number of carbonyl (C=O) groups is 1. The number of methoxy groups -OCH3 is 1. The number of nitrogens with one attached hydrogen (secondary N) is 1. The zero-order chi connectivity index (χ0) is 17.6. The predicted molar refractivity (Wildman–Crippen MR) is 94.1 cm³/mol. The van der Waals surface area contributed by atoms with Gasteiger partial charge in [0.05, 0.1) is 17.6 Å². The predicted octanol–water partition coefficient (Wildman–Crippen LogP) is 3.45. The van der Waals surface area contributed by atoms with Gasteiger partial charge in [-0.15, -0.1) is 11.6 Å². The molecule has 0 saturated carbocycles. The van der Waals surface area contributed by atoms with Crippen molar-refractivity contribution in [2.24, 2.45) is 0 Å². The van der Waals surface area contributed by atoms with Crippen molar-refractivity contribution in [1.82, 2.24) is 0 Å². The highest BCUT2D eigenvalue weighted by Gasteiger charge is 2.14. The Morgan fingerprint density at radius 3 is 2.25 bits per heavy atom. The maximum absolute atomic E-state index is 12.4. The van der Waals surface area contributed by atoms with Crippen LogP contribution in [0.2, 0.25) is 0 Å². The number of hydrogen-bond acceptors (Lipinski definition) is 4. The van der Waals surface area contributed by atoms with Gasteiger partial charge in [0.15, 0.2) is 0 Å². The van der Waals surface area contributed by atoms with Crippen LogP contribution in [0.5, 0.6) is 0 Å². The van der Waals surface area contributed by atoms with Gasteiger partial charge in [0.1, 0.15) is 0 Å². The Labute approximate surface area is 146 Å². The molecule has 0 saturated heterocycles. The number of anilines is 1. The molecule has 0 unspecified atom stereocenters. The highest BCUT2D eigenvalue weighted by Crippen LogP contribution is 2.18. The quantitative estimate of drug-likeness (QED) is 0.601. The molecule has 2 aromatic rings. The number of alkyl halides is 1. The molecule has 24 heavy (non-hydrogen) atoms. The topological polar surface area (TPSA) is 72.5 Å². The highest BCUT2D eigenvalue weighted by molar-refractivity contribution is 7.92. The Hall–Kier alpha value is -2.05. The van der Waals surface area contributed by atoms with Crippen LogP contribution in [0.3, 0.4) is 0 Å². The summed E-state index contributed by atoms with van der Waals surface area (Å²) in [5, 5.41) is 0. The van der Waals surface area contributed by atoms with E-state index in [-0.39, 0.29) is 4.90 Å². The van der Waals surface area contributed by atoms with Gasteiger partial charge in [0.25, 0.3) is 10.0 Å². The van der Waals surface area contributed by atoms with Crippen molar-refractivity contribution in [3.05, 3.63) is 59.7 Å². The van der Waals surface area contributed by atoms with E-state index in [0.717, 1.165) is 18.4 Å². The minimum absolute atomic E-state index is 0.175. The van der Waals surface area contributed by atoms with E-state index in [1.807, 2.05) is 0 Å². The summed E-state index contributed by atoms with van der Waals surface area (Å²) < 4.78 is 31.8. The van der Waals surface area contributed by atoms with Gasteiger partial charge >= 0.3 is 5.97 Å². The number of carbonyl (C=O) groups excluding carboxylic acids is 1. The number of rotatable bonds is 7. The lowest BCUT2D eigenvalue weighted by atomic mass is 10.1. The van der Waals surface area contributed by atoms with Crippen molar-refractivity contribution >= 4 is 33.3 Å². The lowest BCUT2D eigenvalue weighted by Gasteiger charge is -2.09. The van der Waals surface area contributed by atoms with E-state index in [2.05, 4.69) is 9.46 Å². The summed E-state index contributed by atoms with van der Waals surface area (Å²) >= 11 is 5.65. The molecule has 0 radical (unpaired) electrons. The third-order valence-corrected chi connectivity index (χ3v) is 5.06. The van der Waals surface area contributed by atoms with Crippen LogP contribution in [0.15, 0.2) is 53.4 Å². The van der Waals surface area contributed by atoms with Gasteiger partial charge in [-0.25, -0.2) is 13.2 Å². The van der Waals surface area contributed by atoms with Crippen molar-refractivity contribution in [3.8, 4) is 0 Å². The number of hydrogen-bond donors (Lipinski definition) is 1. The normalized spacial score (nSPS) is 11.1. The third-order valence-electron chi connectivity index (χ3n) is 3.39. The first-order valence-electron chi connectivity index (χ1n) is 7.32. The van der Waals surface area contributed by atoms with Gasteiger partial charge in [0.2, 0.25) is 0 Å². The summed E-state index contributed by atoms with van der Waals surface area (Å²) in [6, 6.07) is 12.7. The van der Waals surface area contributed by atoms with Gasteiger partial charge in [-0.3, -0.25) is 4.72 Å². The maximum Gasteiger partial charge on any atom is 0.337 e. The fourth-order valence-corrected chi connectivity index (χ4v) is 3.30. The van der Waals surface area contributed by atoms with E-state index in [1.165, 1.54) is 31.4 Å². The molecule has 0 fully saturated rings. The van der Waals surface area contributed by atoms with Crippen molar-refractivity contribution in [3.63, 3.8) is 0 Å². The van der Waals surface area contributed by atoms with Crippen LogP contribution in [0.25, 0.3) is 0 Å². The van der Waals surface area contributed by atoms with Gasteiger partial charge in [0, 0.05) is 11.6 Å². The molecule has 0 amide bonds. The number of sulfonamides is 1. The van der Waals surface area contributed by atoms with Crippen molar-refractivity contribution in [2.45, 2.75) is 17.7 Å². The van der Waals surface area contributed by atoms with Crippen LogP contribution in [-0.4, -0.2) is 27.4 Å². The zero-order valence-corrected chi connectivity index (χ0v) is 14.7. The van der Waals surface area contributed by atoms with Crippen LogP contribution >= 0.6 is 11.6 Å². The second-order valence-corrected chi connectivity index (χ2v) is 7.17. The third kappa shape index (κ3) is 4.72. The summed E-state index contributed by atoms with van der Waals surface area (Å²) in [6.45, 7) is 0. The molecule has 1 N–H and O–H groups in total. The molecule has 0 bridgehead atoms. The van der Waals surface area contributed by atoms with Crippen LogP contribution in [0.1, 0.15) is 22.3 Å². The van der Waals surface area contributed by atoms with Crippen LogP contribution in [0, 0.1) is 0 Å². The summed E-state index contributed by atoms with van der Waals surface area (Å²) in [7, 11) is -2.39. The Balaban J connectivity index is 2.11. The van der Waals surface area contributed by atoms with Crippen LogP contribution in [-0.2, 0) is 21.2 Å². The smallest absolute Gasteiger partial charge is 0.337 e. The summed E-state index contributed by atoms with van der Waals surface area (Å²) in [6.07, 6.45) is 1.66. The van der Waals surface area contributed by atoms with Crippen LogP contribution < -0.4 is 4.72 Å². The molecule has 0 aliphatic rings. The molecule has 0 spiro atoms. The van der Waals surface area contributed by atoms with Crippen molar-refractivity contribution in [1.29, 1.82) is 0 Å². The molecule has 0 atom stereocenters. The number of ether oxygens (including phenoxy) is 1. The summed E-state index contributed by atoms with van der Waals surface area (Å²) in [5.41, 5.74) is 1.76. The number of benzene rings is 2. The van der Waals surface area contributed by atoms with E-state index in [9.17, 15) is 13.2 Å².